The highest BCUT2D eigenvalue weighted by Gasteiger charge is 2.69. The number of carbonyl (C=O) groups excluding carboxylic acids is 3. The van der Waals surface area contributed by atoms with Crippen LogP contribution in [0.5, 0.6) is 11.5 Å². The second-order valence-electron chi connectivity index (χ2n) is 10.9. The van der Waals surface area contributed by atoms with Gasteiger partial charge in [0.25, 0.3) is 0 Å². The summed E-state index contributed by atoms with van der Waals surface area (Å²) in [5.74, 6) is -0.883. The molecule has 7 atom stereocenters. The van der Waals surface area contributed by atoms with Crippen molar-refractivity contribution in [3.8, 4) is 11.5 Å². The average molecular weight is 612 g/mol. The fraction of sp³-hybridized carbons (Fsp3) is 0.379. The van der Waals surface area contributed by atoms with Gasteiger partial charge in [0, 0.05) is 26.8 Å². The Morgan fingerprint density at radius 3 is 2.44 bits per heavy atom. The molecule has 2 N–H and O–H groups in total. The Kier molecular flexibility index (Phi) is 6.44. The summed E-state index contributed by atoms with van der Waals surface area (Å²) in [7, 11) is 3.17. The van der Waals surface area contributed by atoms with Gasteiger partial charge in [-0.05, 0) is 66.1 Å². The molecule has 41 heavy (non-hydrogen) atoms. The molecule has 12 heteroatoms. The van der Waals surface area contributed by atoms with Crippen molar-refractivity contribution in [2.75, 3.05) is 26.1 Å². The van der Waals surface area contributed by atoms with E-state index in [0.29, 0.717) is 22.2 Å². The Hall–Kier alpha value is -3.28. The van der Waals surface area contributed by atoms with Gasteiger partial charge in [0.1, 0.15) is 6.54 Å². The summed E-state index contributed by atoms with van der Waals surface area (Å²) in [4.78, 5) is 57.8. The van der Waals surface area contributed by atoms with E-state index in [1.54, 1.807) is 50.2 Å². The molecule has 0 spiro atoms. The predicted molar refractivity (Wildman–Crippen MR) is 155 cm³/mol. The number of benzene rings is 2. The maximum absolute atomic E-state index is 13.8. The monoisotopic (exact) mass is 611 g/mol. The topological polar surface area (TPSA) is 118 Å². The second kappa shape index (κ2) is 9.92. The number of H-pyrrole nitrogens is 1. The molecule has 2 bridgehead atoms. The molecule has 7 unspecified atom stereocenters. The van der Waals surface area contributed by atoms with Crippen molar-refractivity contribution >= 4 is 58.1 Å². The Bertz CT molecular complexity index is 1640. The van der Waals surface area contributed by atoms with E-state index >= 15 is 0 Å². The van der Waals surface area contributed by atoms with E-state index in [4.69, 9.17) is 21.1 Å². The number of halogens is 1. The molecule has 4 aliphatic rings. The summed E-state index contributed by atoms with van der Waals surface area (Å²) in [6, 6.07) is 12.5. The number of likely N-dealkylation sites (tertiary alicyclic amines) is 1. The SMILES string of the molecule is COc1ccc(C2c3sc(=O)[nH]c3SC3C4CC(C5C(=O)N(CC(=O)Nc6ccc(Cl)cc6)C(=O)C45)C23)cc1OC. The first-order chi connectivity index (χ1) is 19.8. The highest BCUT2D eigenvalue weighted by molar-refractivity contribution is 8.00. The lowest BCUT2D eigenvalue weighted by Crippen LogP contribution is -2.42. The van der Waals surface area contributed by atoms with Crippen LogP contribution in [0, 0.1) is 29.6 Å². The quantitative estimate of drug-likeness (QED) is 0.401. The Morgan fingerprint density at radius 1 is 1.02 bits per heavy atom. The van der Waals surface area contributed by atoms with Gasteiger partial charge in [-0.15, -0.1) is 11.8 Å². The van der Waals surface area contributed by atoms with Crippen LogP contribution >= 0.6 is 34.7 Å². The highest BCUT2D eigenvalue weighted by Crippen LogP contribution is 2.68. The minimum atomic E-state index is -0.475. The number of nitrogens with zero attached hydrogens (tertiary/aromatic N) is 1. The lowest BCUT2D eigenvalue weighted by molar-refractivity contribution is -0.143. The predicted octanol–water partition coefficient (Wildman–Crippen LogP) is 4.22. The second-order valence-corrected chi connectivity index (χ2v) is 13.5. The summed E-state index contributed by atoms with van der Waals surface area (Å²) in [5.41, 5.74) is 1.52. The first-order valence-electron chi connectivity index (χ1n) is 13.3. The molecule has 3 fully saturated rings. The Labute approximate surface area is 248 Å². The van der Waals surface area contributed by atoms with Crippen LogP contribution < -0.4 is 19.7 Å². The van der Waals surface area contributed by atoms with E-state index in [1.807, 2.05) is 18.2 Å². The number of hydrogen-bond donors (Lipinski definition) is 2. The van der Waals surface area contributed by atoms with Gasteiger partial charge in [0.2, 0.25) is 17.7 Å². The smallest absolute Gasteiger partial charge is 0.305 e. The molecule has 1 saturated heterocycles. The van der Waals surface area contributed by atoms with Crippen LogP contribution in [-0.4, -0.2) is 53.6 Å². The summed E-state index contributed by atoms with van der Waals surface area (Å²) < 4.78 is 11.0. The number of anilines is 1. The van der Waals surface area contributed by atoms with E-state index in [-0.39, 0.29) is 52.2 Å². The number of aromatic nitrogens is 1. The summed E-state index contributed by atoms with van der Waals surface area (Å²) in [5, 5.41) is 4.18. The summed E-state index contributed by atoms with van der Waals surface area (Å²) in [6.45, 7) is -0.324. The molecule has 9 nitrogen and oxygen atoms in total. The van der Waals surface area contributed by atoms with Crippen LogP contribution in [0.3, 0.4) is 0 Å². The fourth-order valence-electron chi connectivity index (χ4n) is 7.53. The molecule has 3 aromatic rings. The van der Waals surface area contributed by atoms with Gasteiger partial charge in [0.15, 0.2) is 11.5 Å². The molecule has 2 aliphatic heterocycles. The van der Waals surface area contributed by atoms with E-state index in [2.05, 4.69) is 10.3 Å². The van der Waals surface area contributed by atoms with Crippen molar-refractivity contribution in [1.29, 1.82) is 0 Å². The van der Waals surface area contributed by atoms with Gasteiger partial charge in [-0.25, -0.2) is 0 Å². The number of methoxy groups -OCH3 is 2. The molecule has 2 aromatic carbocycles. The molecule has 2 saturated carbocycles. The third-order valence-electron chi connectivity index (χ3n) is 9.01. The first-order valence-corrected chi connectivity index (χ1v) is 15.4. The minimum Gasteiger partial charge on any atom is -0.493 e. The van der Waals surface area contributed by atoms with Crippen molar-refractivity contribution in [2.45, 2.75) is 22.6 Å². The van der Waals surface area contributed by atoms with Crippen LogP contribution in [0.1, 0.15) is 22.8 Å². The normalized spacial score (nSPS) is 29.2. The molecule has 2 aliphatic carbocycles. The molecule has 212 valence electrons. The number of thiazole rings is 1. The third-order valence-corrected chi connectivity index (χ3v) is 11.9. The first kappa shape index (κ1) is 26.6. The van der Waals surface area contributed by atoms with Gasteiger partial charge in [0.05, 0.1) is 31.1 Å². The standard InChI is InChI=1S/C29H26ClN3O6S2/c1-38-17-8-3-12(9-18(17)39-2)20-21-15-10-16(24(21)40-26-25(20)41-29(37)32-26)23-22(15)27(35)33(28(23)36)11-19(34)31-14-6-4-13(30)5-7-14/h3-9,15-16,20-24H,10-11H2,1-2H3,(H,31,34)(H,32,37). The summed E-state index contributed by atoms with van der Waals surface area (Å²) in [6.07, 6.45) is 0.767. The number of imide groups is 1. The van der Waals surface area contributed by atoms with Crippen molar-refractivity contribution in [2.24, 2.45) is 29.6 Å². The van der Waals surface area contributed by atoms with Crippen LogP contribution in [-0.2, 0) is 14.4 Å². The lowest BCUT2D eigenvalue weighted by Gasteiger charge is -2.43. The number of amides is 3. The zero-order valence-corrected chi connectivity index (χ0v) is 24.5. The van der Waals surface area contributed by atoms with Crippen LogP contribution in [0.25, 0.3) is 0 Å². The van der Waals surface area contributed by atoms with Gasteiger partial charge in [-0.2, -0.15) is 0 Å². The Morgan fingerprint density at radius 2 is 1.73 bits per heavy atom. The number of nitrogens with one attached hydrogen (secondary N) is 2. The van der Waals surface area contributed by atoms with Crippen LogP contribution in [0.4, 0.5) is 5.69 Å². The zero-order chi connectivity index (χ0) is 28.6. The molecular weight excluding hydrogens is 586 g/mol. The van der Waals surface area contributed by atoms with Crippen molar-refractivity contribution in [3.05, 3.63) is 67.6 Å². The molecule has 7 rings (SSSR count). The molecule has 3 heterocycles. The lowest BCUT2D eigenvalue weighted by atomic mass is 9.68. The largest absolute Gasteiger partial charge is 0.493 e. The van der Waals surface area contributed by atoms with Crippen molar-refractivity contribution in [3.63, 3.8) is 0 Å². The van der Waals surface area contributed by atoms with E-state index in [0.717, 1.165) is 26.8 Å². The van der Waals surface area contributed by atoms with Gasteiger partial charge >= 0.3 is 4.87 Å². The maximum Gasteiger partial charge on any atom is 0.305 e. The highest BCUT2D eigenvalue weighted by atomic mass is 35.5. The number of fused-ring (bicyclic) bond motifs is 9. The van der Waals surface area contributed by atoms with Crippen molar-refractivity contribution < 1.29 is 23.9 Å². The van der Waals surface area contributed by atoms with Gasteiger partial charge in [-0.3, -0.25) is 24.1 Å². The fourth-order valence-corrected chi connectivity index (χ4v) is 10.5. The molecule has 1 aromatic heterocycles. The molecule has 0 radical (unpaired) electrons. The minimum absolute atomic E-state index is 0.0278. The van der Waals surface area contributed by atoms with Gasteiger partial charge in [-0.1, -0.05) is 29.0 Å². The molecule has 3 amide bonds. The zero-order valence-electron chi connectivity index (χ0n) is 22.1. The Balaban J connectivity index is 1.20. The number of hydrogen-bond acceptors (Lipinski definition) is 8. The maximum atomic E-state index is 13.8. The number of rotatable bonds is 6. The van der Waals surface area contributed by atoms with Crippen molar-refractivity contribution in [1.82, 2.24) is 9.88 Å². The van der Waals surface area contributed by atoms with Gasteiger partial charge < -0.3 is 19.8 Å². The van der Waals surface area contributed by atoms with E-state index in [9.17, 15) is 19.2 Å². The number of aromatic amines is 1. The number of carbonyl (C=O) groups is 3. The number of thioether (sulfide) groups is 1. The van der Waals surface area contributed by atoms with E-state index < -0.39 is 17.7 Å². The molecular formula is C29H26ClN3O6S2. The number of ether oxygens (including phenoxy) is 2. The third kappa shape index (κ3) is 4.11. The van der Waals surface area contributed by atoms with E-state index in [1.165, 1.54) is 11.3 Å². The average Bonchev–Trinajstić information content (AvgIpc) is 3.70. The van der Waals surface area contributed by atoms with Crippen LogP contribution in [0.2, 0.25) is 5.02 Å². The summed E-state index contributed by atoms with van der Waals surface area (Å²) >= 11 is 8.76. The van der Waals surface area contributed by atoms with Crippen LogP contribution in [0.15, 0.2) is 52.3 Å².